The highest BCUT2D eigenvalue weighted by Gasteiger charge is 2.52. The Morgan fingerprint density at radius 1 is 1.03 bits per heavy atom. The van der Waals surface area contributed by atoms with Crippen LogP contribution < -0.4 is 10.9 Å². The number of hydrogen-bond acceptors (Lipinski definition) is 5. The second-order valence-electron chi connectivity index (χ2n) is 9.89. The molecule has 4 heterocycles. The molecule has 0 spiro atoms. The second-order valence-corrected chi connectivity index (χ2v) is 9.89. The maximum atomic E-state index is 13.8. The van der Waals surface area contributed by atoms with Crippen LogP contribution in [0.25, 0.3) is 0 Å². The highest BCUT2D eigenvalue weighted by molar-refractivity contribution is 5.93. The predicted octanol–water partition coefficient (Wildman–Crippen LogP) is 1.67. The Kier molecular flexibility index (Phi) is 5.09. The fraction of sp³-hybridized carbons (Fsp3) is 0.423. The predicted molar refractivity (Wildman–Crippen MR) is 128 cm³/mol. The van der Waals surface area contributed by atoms with Crippen LogP contribution in [0.15, 0.2) is 53.3 Å². The third-order valence-electron chi connectivity index (χ3n) is 7.92. The van der Waals surface area contributed by atoms with Gasteiger partial charge in [0.1, 0.15) is 11.5 Å². The van der Waals surface area contributed by atoms with Crippen molar-refractivity contribution >= 4 is 11.8 Å². The van der Waals surface area contributed by atoms with Gasteiger partial charge in [-0.15, -0.1) is 10.2 Å². The molecule has 3 aliphatic rings. The summed E-state index contributed by atoms with van der Waals surface area (Å²) in [7, 11) is 1.63. The third-order valence-corrected chi connectivity index (χ3v) is 7.92. The first kappa shape index (κ1) is 21.8. The molecule has 9 nitrogen and oxygen atoms in total. The van der Waals surface area contributed by atoms with Crippen LogP contribution in [0.3, 0.4) is 0 Å². The first-order valence-electron chi connectivity index (χ1n) is 12.2. The molecule has 6 rings (SSSR count). The summed E-state index contributed by atoms with van der Waals surface area (Å²) >= 11 is 0. The third kappa shape index (κ3) is 3.57. The number of carbonyl (C=O) groups excluding carboxylic acids is 2. The maximum absolute atomic E-state index is 13.8. The molecule has 9 heteroatoms. The largest absolute Gasteiger partial charge is 0.347 e. The van der Waals surface area contributed by atoms with E-state index in [1.165, 1.54) is 16.2 Å². The summed E-state index contributed by atoms with van der Waals surface area (Å²) in [5, 5.41) is 11.6. The van der Waals surface area contributed by atoms with Crippen molar-refractivity contribution in [3.8, 4) is 0 Å². The SMILES string of the molecule is Cn1c(C(=O)N2CC[C@]3(c4ccccc4)CCc4nnc(C(=O)NC5CC5)n4C[C@H]23)cccc1=O. The van der Waals surface area contributed by atoms with Crippen molar-refractivity contribution in [2.24, 2.45) is 7.05 Å². The van der Waals surface area contributed by atoms with Gasteiger partial charge < -0.3 is 19.4 Å². The van der Waals surface area contributed by atoms with Gasteiger partial charge in [0.25, 0.3) is 17.4 Å². The van der Waals surface area contributed by atoms with Crippen LogP contribution in [0.1, 0.15) is 58.2 Å². The van der Waals surface area contributed by atoms with Gasteiger partial charge in [-0.3, -0.25) is 14.4 Å². The quantitative estimate of drug-likeness (QED) is 0.622. The summed E-state index contributed by atoms with van der Waals surface area (Å²) in [6.45, 7) is 1.000. The van der Waals surface area contributed by atoms with Gasteiger partial charge in [-0.25, -0.2) is 0 Å². The zero-order valence-corrected chi connectivity index (χ0v) is 19.7. The number of rotatable bonds is 4. The number of aryl methyl sites for hydroxylation is 1. The average Bonchev–Trinajstić information content (AvgIpc) is 3.52. The Labute approximate surface area is 202 Å². The molecule has 1 N–H and O–H groups in total. The van der Waals surface area contributed by atoms with Crippen molar-refractivity contribution < 1.29 is 9.59 Å². The van der Waals surface area contributed by atoms with Gasteiger partial charge in [-0.05, 0) is 37.3 Å². The summed E-state index contributed by atoms with van der Waals surface area (Å²) in [4.78, 5) is 40.9. The van der Waals surface area contributed by atoms with Crippen molar-refractivity contribution in [2.45, 2.75) is 56.1 Å². The molecular formula is C26H28N6O3. The standard InChI is InChI=1S/C26H28N6O3/c1-30-19(8-5-9-22(30)33)25(35)31-15-14-26(17-6-3-2-4-7-17)13-12-21-28-29-23(32(21)16-20(26)31)24(34)27-18-10-11-18/h2-9,18,20H,10-16H2,1H3,(H,27,34)/t20-,26-/m0/s1. The van der Waals surface area contributed by atoms with Crippen molar-refractivity contribution in [3.05, 3.63) is 81.8 Å². The number of hydrogen-bond donors (Lipinski definition) is 1. The van der Waals surface area contributed by atoms with Crippen LogP contribution in [-0.4, -0.2) is 54.7 Å². The highest BCUT2D eigenvalue weighted by Crippen LogP contribution is 2.46. The Morgan fingerprint density at radius 3 is 2.60 bits per heavy atom. The van der Waals surface area contributed by atoms with Crippen molar-refractivity contribution in [1.82, 2.24) is 29.5 Å². The normalized spacial score (nSPS) is 23.3. The molecule has 1 aliphatic carbocycles. The number of amides is 2. The van der Waals surface area contributed by atoms with E-state index in [0.717, 1.165) is 31.5 Å². The Morgan fingerprint density at radius 2 is 1.83 bits per heavy atom. The zero-order valence-electron chi connectivity index (χ0n) is 19.7. The van der Waals surface area contributed by atoms with Crippen LogP contribution in [0.5, 0.6) is 0 Å². The molecule has 35 heavy (non-hydrogen) atoms. The van der Waals surface area contributed by atoms with E-state index in [1.807, 2.05) is 27.7 Å². The topological polar surface area (TPSA) is 102 Å². The molecular weight excluding hydrogens is 444 g/mol. The molecule has 0 radical (unpaired) electrons. The number of likely N-dealkylation sites (tertiary alicyclic amines) is 1. The van der Waals surface area contributed by atoms with E-state index in [2.05, 4.69) is 27.6 Å². The molecule has 2 amide bonds. The Balaban J connectivity index is 1.43. The van der Waals surface area contributed by atoms with Crippen LogP contribution in [-0.2, 0) is 25.4 Å². The molecule has 2 aromatic heterocycles. The number of carbonyl (C=O) groups is 2. The molecule has 180 valence electrons. The molecule has 2 atom stereocenters. The van der Waals surface area contributed by atoms with Crippen molar-refractivity contribution in [3.63, 3.8) is 0 Å². The fourth-order valence-corrected chi connectivity index (χ4v) is 5.79. The van der Waals surface area contributed by atoms with Crippen LogP contribution in [0.2, 0.25) is 0 Å². The molecule has 0 bridgehead atoms. The smallest absolute Gasteiger partial charge is 0.289 e. The molecule has 2 aliphatic heterocycles. The lowest BCUT2D eigenvalue weighted by atomic mass is 9.71. The number of pyridine rings is 1. The molecule has 1 saturated heterocycles. The van der Waals surface area contributed by atoms with E-state index >= 15 is 0 Å². The van der Waals surface area contributed by atoms with E-state index in [4.69, 9.17) is 0 Å². The zero-order chi connectivity index (χ0) is 24.2. The van der Waals surface area contributed by atoms with E-state index < -0.39 is 0 Å². The average molecular weight is 473 g/mol. The molecule has 0 unspecified atom stereocenters. The maximum Gasteiger partial charge on any atom is 0.289 e. The number of fused-ring (bicyclic) bond motifs is 2. The summed E-state index contributed by atoms with van der Waals surface area (Å²) in [5.74, 6) is 0.700. The number of benzene rings is 1. The lowest BCUT2D eigenvalue weighted by molar-refractivity contribution is 0.0676. The van der Waals surface area contributed by atoms with Gasteiger partial charge >= 0.3 is 0 Å². The van der Waals surface area contributed by atoms with Crippen LogP contribution >= 0.6 is 0 Å². The minimum atomic E-state index is -0.282. The first-order chi connectivity index (χ1) is 17.0. The van der Waals surface area contributed by atoms with E-state index in [-0.39, 0.29) is 34.9 Å². The van der Waals surface area contributed by atoms with Gasteiger partial charge in [0.15, 0.2) is 0 Å². The summed E-state index contributed by atoms with van der Waals surface area (Å²) in [6, 6.07) is 15.1. The van der Waals surface area contributed by atoms with Crippen molar-refractivity contribution in [1.29, 1.82) is 0 Å². The van der Waals surface area contributed by atoms with Gasteiger partial charge in [0, 0.05) is 44.1 Å². The van der Waals surface area contributed by atoms with Gasteiger partial charge in [-0.1, -0.05) is 36.4 Å². The molecule has 1 saturated carbocycles. The van der Waals surface area contributed by atoms with E-state index in [0.29, 0.717) is 31.0 Å². The monoisotopic (exact) mass is 472 g/mol. The van der Waals surface area contributed by atoms with Crippen molar-refractivity contribution in [2.75, 3.05) is 6.54 Å². The highest BCUT2D eigenvalue weighted by atomic mass is 16.2. The van der Waals surface area contributed by atoms with Crippen LogP contribution in [0, 0.1) is 0 Å². The minimum absolute atomic E-state index is 0.173. The number of nitrogens with one attached hydrogen (secondary N) is 1. The van der Waals surface area contributed by atoms with E-state index in [9.17, 15) is 14.4 Å². The second kappa shape index (κ2) is 8.18. The Bertz CT molecular complexity index is 1360. The minimum Gasteiger partial charge on any atom is -0.347 e. The van der Waals surface area contributed by atoms with Gasteiger partial charge in [0.2, 0.25) is 5.82 Å². The first-order valence-corrected chi connectivity index (χ1v) is 12.2. The summed E-state index contributed by atoms with van der Waals surface area (Å²) < 4.78 is 3.31. The Hall–Kier alpha value is -3.75. The summed E-state index contributed by atoms with van der Waals surface area (Å²) in [5.41, 5.74) is 1.05. The van der Waals surface area contributed by atoms with Gasteiger partial charge in [-0.2, -0.15) is 0 Å². The molecule has 3 aromatic rings. The molecule has 2 fully saturated rings. The number of nitrogens with zero attached hydrogens (tertiary/aromatic N) is 5. The summed E-state index contributed by atoms with van der Waals surface area (Å²) in [6.07, 6.45) is 4.24. The van der Waals surface area contributed by atoms with E-state index in [1.54, 1.807) is 19.2 Å². The van der Waals surface area contributed by atoms with Gasteiger partial charge in [0.05, 0.1) is 6.04 Å². The lowest BCUT2D eigenvalue weighted by Gasteiger charge is -2.37. The lowest BCUT2D eigenvalue weighted by Crippen LogP contribution is -2.48. The number of aromatic nitrogens is 4. The van der Waals surface area contributed by atoms with Crippen LogP contribution in [0.4, 0.5) is 0 Å². The molecule has 1 aromatic carbocycles. The fourth-order valence-electron chi connectivity index (χ4n) is 5.79.